The average molecular weight is 155 g/mol. The van der Waals surface area contributed by atoms with Crippen LogP contribution in [0, 0.1) is 5.92 Å². The first-order valence-corrected chi connectivity index (χ1v) is 4.60. The molecule has 11 heavy (non-hydrogen) atoms. The second-order valence-corrected chi connectivity index (χ2v) is 3.07. The molecule has 1 atom stereocenters. The molecule has 0 aliphatic carbocycles. The predicted octanol–water partition coefficient (Wildman–Crippen LogP) is 2.59. The molecule has 0 spiro atoms. The first kappa shape index (κ1) is 10.7. The van der Waals surface area contributed by atoms with Crippen LogP contribution < -0.4 is 5.32 Å². The highest BCUT2D eigenvalue weighted by Gasteiger charge is 2.03. The van der Waals surface area contributed by atoms with Crippen LogP contribution in [0.5, 0.6) is 0 Å². The first-order valence-electron chi connectivity index (χ1n) is 4.60. The van der Waals surface area contributed by atoms with Crippen LogP contribution in [-0.2, 0) is 0 Å². The van der Waals surface area contributed by atoms with Gasteiger partial charge in [0.25, 0.3) is 0 Å². The van der Waals surface area contributed by atoms with Crippen LogP contribution in [-0.4, -0.2) is 13.6 Å². The summed E-state index contributed by atoms with van der Waals surface area (Å²) in [6.45, 7) is 7.15. The van der Waals surface area contributed by atoms with E-state index in [0.717, 1.165) is 12.5 Å². The molecule has 0 aromatic rings. The molecule has 1 nitrogen and oxygen atoms in total. The van der Waals surface area contributed by atoms with Gasteiger partial charge in [-0.1, -0.05) is 25.8 Å². The Morgan fingerprint density at radius 3 is 2.64 bits per heavy atom. The third kappa shape index (κ3) is 6.11. The number of hydrogen-bond donors (Lipinski definition) is 1. The molecule has 0 aliphatic heterocycles. The molecule has 1 unspecified atom stereocenters. The van der Waals surface area contributed by atoms with Crippen LogP contribution in [0.2, 0.25) is 0 Å². The van der Waals surface area contributed by atoms with Crippen molar-refractivity contribution in [3.63, 3.8) is 0 Å². The summed E-state index contributed by atoms with van der Waals surface area (Å²) in [5.41, 5.74) is 0. The Morgan fingerprint density at radius 1 is 1.45 bits per heavy atom. The Hall–Kier alpha value is -0.300. The van der Waals surface area contributed by atoms with E-state index in [2.05, 4.69) is 18.8 Å². The van der Waals surface area contributed by atoms with Gasteiger partial charge in [-0.25, -0.2) is 0 Å². The zero-order valence-corrected chi connectivity index (χ0v) is 7.90. The maximum Gasteiger partial charge on any atom is -0.00492 e. The van der Waals surface area contributed by atoms with Gasteiger partial charge in [0.2, 0.25) is 0 Å². The fraction of sp³-hybridized carbons (Fsp3) is 0.800. The van der Waals surface area contributed by atoms with E-state index >= 15 is 0 Å². The average Bonchev–Trinajstić information content (AvgIpc) is 2.01. The minimum atomic E-state index is 0.852. The zero-order valence-electron chi connectivity index (χ0n) is 7.90. The van der Waals surface area contributed by atoms with E-state index in [1.165, 1.54) is 25.7 Å². The zero-order chi connectivity index (χ0) is 8.53. The highest BCUT2D eigenvalue weighted by Crippen LogP contribution is 2.14. The van der Waals surface area contributed by atoms with Crippen molar-refractivity contribution in [3.8, 4) is 0 Å². The molecule has 0 bridgehead atoms. The first-order chi connectivity index (χ1) is 5.35. The summed E-state index contributed by atoms with van der Waals surface area (Å²) in [4.78, 5) is 0. The van der Waals surface area contributed by atoms with Gasteiger partial charge in [-0.05, 0) is 32.4 Å². The van der Waals surface area contributed by atoms with Crippen molar-refractivity contribution in [1.29, 1.82) is 0 Å². The van der Waals surface area contributed by atoms with Crippen molar-refractivity contribution >= 4 is 0 Å². The van der Waals surface area contributed by atoms with Crippen molar-refractivity contribution in [2.24, 2.45) is 5.92 Å². The molecule has 0 rings (SSSR count). The normalized spacial score (nSPS) is 12.9. The summed E-state index contributed by atoms with van der Waals surface area (Å²) < 4.78 is 0. The lowest BCUT2D eigenvalue weighted by atomic mass is 9.96. The van der Waals surface area contributed by atoms with Crippen LogP contribution in [0.3, 0.4) is 0 Å². The second kappa shape index (κ2) is 7.80. The molecule has 0 amide bonds. The van der Waals surface area contributed by atoms with Gasteiger partial charge >= 0.3 is 0 Å². The van der Waals surface area contributed by atoms with E-state index in [9.17, 15) is 0 Å². The third-order valence-corrected chi connectivity index (χ3v) is 2.00. The smallest absolute Gasteiger partial charge is 0.00492 e. The molecule has 0 aromatic carbocycles. The lowest BCUT2D eigenvalue weighted by Crippen LogP contribution is -2.12. The quantitative estimate of drug-likeness (QED) is 0.557. The summed E-state index contributed by atoms with van der Waals surface area (Å²) in [5.74, 6) is 0.852. The SMILES string of the molecule is C=CCC(CCC)CCNC. The molecule has 0 saturated heterocycles. The van der Waals surface area contributed by atoms with E-state index in [-0.39, 0.29) is 0 Å². The third-order valence-electron chi connectivity index (χ3n) is 2.00. The lowest BCUT2D eigenvalue weighted by molar-refractivity contribution is 0.443. The topological polar surface area (TPSA) is 12.0 Å². The summed E-state index contributed by atoms with van der Waals surface area (Å²) in [7, 11) is 2.01. The maximum absolute atomic E-state index is 3.77. The standard InChI is InChI=1S/C10H21N/c1-4-6-10(7-5-2)8-9-11-3/h4,10-11H,1,5-9H2,2-3H3. The van der Waals surface area contributed by atoms with Gasteiger partial charge < -0.3 is 5.32 Å². The highest BCUT2D eigenvalue weighted by atomic mass is 14.8. The Balaban J connectivity index is 3.41. The van der Waals surface area contributed by atoms with Gasteiger partial charge in [-0.3, -0.25) is 0 Å². The number of allylic oxidation sites excluding steroid dienone is 1. The Morgan fingerprint density at radius 2 is 2.18 bits per heavy atom. The van der Waals surface area contributed by atoms with Crippen molar-refractivity contribution < 1.29 is 0 Å². The molecule has 1 heteroatoms. The van der Waals surface area contributed by atoms with Gasteiger partial charge in [-0.15, -0.1) is 6.58 Å². The molecular weight excluding hydrogens is 134 g/mol. The molecule has 0 heterocycles. The Kier molecular flexibility index (Phi) is 7.59. The van der Waals surface area contributed by atoms with E-state index < -0.39 is 0 Å². The number of nitrogens with one attached hydrogen (secondary N) is 1. The molecule has 0 aliphatic rings. The van der Waals surface area contributed by atoms with Crippen molar-refractivity contribution in [2.45, 2.75) is 32.6 Å². The number of hydrogen-bond acceptors (Lipinski definition) is 1. The number of rotatable bonds is 7. The van der Waals surface area contributed by atoms with Crippen molar-refractivity contribution in [3.05, 3.63) is 12.7 Å². The van der Waals surface area contributed by atoms with Gasteiger partial charge in [0, 0.05) is 0 Å². The lowest BCUT2D eigenvalue weighted by Gasteiger charge is -2.12. The van der Waals surface area contributed by atoms with Crippen LogP contribution in [0.1, 0.15) is 32.6 Å². The fourth-order valence-electron chi connectivity index (χ4n) is 1.37. The predicted molar refractivity (Wildman–Crippen MR) is 51.8 cm³/mol. The van der Waals surface area contributed by atoms with Gasteiger partial charge in [0.15, 0.2) is 0 Å². The summed E-state index contributed by atoms with van der Waals surface area (Å²) >= 11 is 0. The molecule has 0 aromatic heterocycles. The highest BCUT2D eigenvalue weighted by molar-refractivity contribution is 4.73. The van der Waals surface area contributed by atoms with Gasteiger partial charge in [0.1, 0.15) is 0 Å². The molecule has 1 N–H and O–H groups in total. The molecule has 66 valence electrons. The fourth-order valence-corrected chi connectivity index (χ4v) is 1.37. The van der Waals surface area contributed by atoms with Crippen LogP contribution in [0.25, 0.3) is 0 Å². The van der Waals surface area contributed by atoms with Crippen molar-refractivity contribution in [1.82, 2.24) is 5.32 Å². The summed E-state index contributed by atoms with van der Waals surface area (Å²) in [6, 6.07) is 0. The molecular formula is C10H21N. The van der Waals surface area contributed by atoms with E-state index in [4.69, 9.17) is 0 Å². The van der Waals surface area contributed by atoms with E-state index in [1.807, 2.05) is 13.1 Å². The van der Waals surface area contributed by atoms with E-state index in [0.29, 0.717) is 0 Å². The molecule has 0 fully saturated rings. The van der Waals surface area contributed by atoms with Crippen LogP contribution in [0.4, 0.5) is 0 Å². The van der Waals surface area contributed by atoms with Gasteiger partial charge in [0.05, 0.1) is 0 Å². The summed E-state index contributed by atoms with van der Waals surface area (Å²) in [6.07, 6.45) is 7.14. The summed E-state index contributed by atoms with van der Waals surface area (Å²) in [5, 5.41) is 3.18. The maximum atomic E-state index is 3.77. The minimum absolute atomic E-state index is 0.852. The van der Waals surface area contributed by atoms with Crippen LogP contribution in [0.15, 0.2) is 12.7 Å². The molecule has 0 saturated carbocycles. The van der Waals surface area contributed by atoms with E-state index in [1.54, 1.807) is 0 Å². The minimum Gasteiger partial charge on any atom is -0.320 e. The monoisotopic (exact) mass is 155 g/mol. The largest absolute Gasteiger partial charge is 0.320 e. The Labute approximate surface area is 70.9 Å². The van der Waals surface area contributed by atoms with Crippen LogP contribution >= 0.6 is 0 Å². The van der Waals surface area contributed by atoms with Crippen molar-refractivity contribution in [2.75, 3.05) is 13.6 Å². The second-order valence-electron chi connectivity index (χ2n) is 3.07. The molecule has 0 radical (unpaired) electrons. The van der Waals surface area contributed by atoms with Gasteiger partial charge in [-0.2, -0.15) is 0 Å². The Bertz CT molecular complexity index is 88.9.